The topological polar surface area (TPSA) is 115 Å². The zero-order chi connectivity index (χ0) is 19.5. The predicted octanol–water partition coefficient (Wildman–Crippen LogP) is 2.22. The number of carboxylic acids is 1. The number of hydrogen-bond donors (Lipinski definition) is 4. The van der Waals surface area contributed by atoms with Crippen LogP contribution < -0.4 is 0 Å². The molecule has 0 aromatic carbocycles. The summed E-state index contributed by atoms with van der Waals surface area (Å²) in [5.41, 5.74) is 0. The van der Waals surface area contributed by atoms with Crippen LogP contribution in [0.25, 0.3) is 0 Å². The van der Waals surface area contributed by atoms with Crippen molar-refractivity contribution < 1.29 is 30.0 Å². The summed E-state index contributed by atoms with van der Waals surface area (Å²) in [6.07, 6.45) is 9.23. The van der Waals surface area contributed by atoms with E-state index in [4.69, 9.17) is 5.11 Å². The van der Waals surface area contributed by atoms with Crippen LogP contribution in [0.4, 0.5) is 0 Å². The highest BCUT2D eigenvalue weighted by Gasteiger charge is 2.39. The maximum Gasteiger partial charge on any atom is 0.303 e. The van der Waals surface area contributed by atoms with Crippen LogP contribution in [0.15, 0.2) is 24.3 Å². The van der Waals surface area contributed by atoms with Crippen LogP contribution >= 0.6 is 0 Å². The number of hydrogen-bond acceptors (Lipinski definition) is 5. The van der Waals surface area contributed by atoms with E-state index in [1.54, 1.807) is 19.1 Å². The van der Waals surface area contributed by atoms with Crippen LogP contribution in [0.3, 0.4) is 0 Å². The van der Waals surface area contributed by atoms with Gasteiger partial charge >= 0.3 is 5.97 Å². The van der Waals surface area contributed by atoms with Crippen molar-refractivity contribution in [3.63, 3.8) is 0 Å². The molecule has 0 bridgehead atoms. The van der Waals surface area contributed by atoms with Gasteiger partial charge in [-0.05, 0) is 45.4 Å². The third kappa shape index (κ3) is 8.74. The maximum absolute atomic E-state index is 12.1. The highest BCUT2D eigenvalue weighted by Crippen LogP contribution is 2.33. The van der Waals surface area contributed by atoms with Crippen molar-refractivity contribution in [1.82, 2.24) is 0 Å². The molecule has 148 valence electrons. The lowest BCUT2D eigenvalue weighted by molar-refractivity contribution is -0.137. The first-order valence-electron chi connectivity index (χ1n) is 9.43. The predicted molar refractivity (Wildman–Crippen MR) is 98.5 cm³/mol. The van der Waals surface area contributed by atoms with Crippen LogP contribution in [-0.2, 0) is 9.59 Å². The second-order valence-electron chi connectivity index (χ2n) is 7.15. The van der Waals surface area contributed by atoms with E-state index in [0.717, 1.165) is 0 Å². The summed E-state index contributed by atoms with van der Waals surface area (Å²) in [6.45, 7) is 1.71. The molecule has 0 aromatic rings. The third-order valence-corrected chi connectivity index (χ3v) is 4.73. The fourth-order valence-corrected chi connectivity index (χ4v) is 3.23. The first kappa shape index (κ1) is 22.5. The molecule has 0 radical (unpaired) electrons. The summed E-state index contributed by atoms with van der Waals surface area (Å²) in [7, 11) is 0. The molecular formula is C20H32O6. The van der Waals surface area contributed by atoms with Crippen molar-refractivity contribution in [2.45, 2.75) is 76.6 Å². The third-order valence-electron chi connectivity index (χ3n) is 4.73. The standard InChI is InChI=1S/C20H32O6/c1-14(21)7-6-8-15(22)11-12-17-16(18(23)13-19(17)24)9-4-2-3-5-10-20(25)26/h2,4,11-12,14-17,19,21-22,24H,3,5-10,13H2,1H3,(H,25,26)/b4-2-,12-11+/t14-,15-,16-,17-,19+/m1/s1. The van der Waals surface area contributed by atoms with Crippen molar-refractivity contribution in [3.8, 4) is 0 Å². The molecule has 0 aliphatic heterocycles. The molecule has 0 unspecified atom stereocenters. The Morgan fingerprint density at radius 1 is 1.23 bits per heavy atom. The molecule has 5 atom stereocenters. The Bertz CT molecular complexity index is 497. The van der Waals surface area contributed by atoms with E-state index >= 15 is 0 Å². The second kappa shape index (κ2) is 12.0. The Hall–Kier alpha value is -1.50. The summed E-state index contributed by atoms with van der Waals surface area (Å²) >= 11 is 0. The van der Waals surface area contributed by atoms with E-state index < -0.39 is 18.2 Å². The van der Waals surface area contributed by atoms with Gasteiger partial charge in [-0.1, -0.05) is 24.3 Å². The number of ketones is 1. The Kier molecular flexibility index (Phi) is 10.4. The average Bonchev–Trinajstić information content (AvgIpc) is 2.81. The highest BCUT2D eigenvalue weighted by molar-refractivity contribution is 5.84. The van der Waals surface area contributed by atoms with Gasteiger partial charge in [0.15, 0.2) is 0 Å². The number of aliphatic hydroxyl groups excluding tert-OH is 3. The van der Waals surface area contributed by atoms with Crippen molar-refractivity contribution in [2.24, 2.45) is 11.8 Å². The van der Waals surface area contributed by atoms with Gasteiger partial charge in [-0.3, -0.25) is 9.59 Å². The summed E-state index contributed by atoms with van der Waals surface area (Å²) in [4.78, 5) is 22.6. The van der Waals surface area contributed by atoms with E-state index in [2.05, 4.69) is 0 Å². The fourth-order valence-electron chi connectivity index (χ4n) is 3.23. The van der Waals surface area contributed by atoms with E-state index in [1.165, 1.54) is 0 Å². The fraction of sp³-hybridized carbons (Fsp3) is 0.700. The molecule has 1 saturated carbocycles. The lowest BCUT2D eigenvalue weighted by atomic mass is 9.90. The number of Topliss-reactive ketones (excluding diaryl/α,β-unsaturated/α-hetero) is 1. The van der Waals surface area contributed by atoms with Gasteiger partial charge < -0.3 is 20.4 Å². The molecule has 0 aromatic heterocycles. The number of rotatable bonds is 12. The zero-order valence-electron chi connectivity index (χ0n) is 15.5. The minimum atomic E-state index is -0.815. The van der Waals surface area contributed by atoms with Gasteiger partial charge in [-0.25, -0.2) is 0 Å². The molecule has 0 spiro atoms. The van der Waals surface area contributed by atoms with Gasteiger partial charge in [0.2, 0.25) is 0 Å². The largest absolute Gasteiger partial charge is 0.481 e. The lowest BCUT2D eigenvalue weighted by Gasteiger charge is -2.16. The minimum absolute atomic E-state index is 0.0194. The van der Waals surface area contributed by atoms with Crippen molar-refractivity contribution in [3.05, 3.63) is 24.3 Å². The Morgan fingerprint density at radius 3 is 2.62 bits per heavy atom. The Balaban J connectivity index is 2.47. The monoisotopic (exact) mass is 368 g/mol. The molecule has 0 heterocycles. The number of carbonyl (C=O) groups excluding carboxylic acids is 1. The van der Waals surface area contributed by atoms with Crippen LogP contribution in [0.2, 0.25) is 0 Å². The molecular weight excluding hydrogens is 336 g/mol. The molecule has 1 aliphatic rings. The number of aliphatic carboxylic acids is 1. The van der Waals surface area contributed by atoms with Gasteiger partial charge in [0.1, 0.15) is 5.78 Å². The minimum Gasteiger partial charge on any atom is -0.481 e. The summed E-state index contributed by atoms with van der Waals surface area (Å²) in [6, 6.07) is 0. The summed E-state index contributed by atoms with van der Waals surface area (Å²) in [5.74, 6) is -1.41. The maximum atomic E-state index is 12.1. The smallest absolute Gasteiger partial charge is 0.303 e. The SMILES string of the molecule is C[C@@H](O)CCC[C@@H](O)/C=C/[C@H]1[C@@H](O)CC(=O)[C@@H]1C/C=C\CCCC(=O)O. The number of carbonyl (C=O) groups is 2. The molecule has 1 aliphatic carbocycles. The zero-order valence-corrected chi connectivity index (χ0v) is 15.5. The van der Waals surface area contributed by atoms with Crippen LogP contribution in [-0.4, -0.2) is 50.5 Å². The Labute approximate surface area is 155 Å². The molecule has 4 N–H and O–H groups in total. The van der Waals surface area contributed by atoms with E-state index in [-0.39, 0.29) is 36.6 Å². The highest BCUT2D eigenvalue weighted by atomic mass is 16.4. The van der Waals surface area contributed by atoms with Gasteiger partial charge in [-0.2, -0.15) is 0 Å². The molecule has 1 rings (SSSR count). The van der Waals surface area contributed by atoms with E-state index in [1.807, 2.05) is 12.2 Å². The number of unbranched alkanes of at least 4 members (excludes halogenated alkanes) is 1. The molecule has 0 amide bonds. The molecule has 0 saturated heterocycles. The lowest BCUT2D eigenvalue weighted by Crippen LogP contribution is -2.18. The van der Waals surface area contributed by atoms with Crippen molar-refractivity contribution >= 4 is 11.8 Å². The van der Waals surface area contributed by atoms with E-state index in [9.17, 15) is 24.9 Å². The second-order valence-corrected chi connectivity index (χ2v) is 7.15. The van der Waals surface area contributed by atoms with Gasteiger partial charge in [-0.15, -0.1) is 0 Å². The van der Waals surface area contributed by atoms with Gasteiger partial charge in [0, 0.05) is 24.7 Å². The first-order valence-corrected chi connectivity index (χ1v) is 9.43. The van der Waals surface area contributed by atoms with Crippen LogP contribution in [0, 0.1) is 11.8 Å². The molecule has 26 heavy (non-hydrogen) atoms. The first-order chi connectivity index (χ1) is 12.3. The molecule has 1 fully saturated rings. The van der Waals surface area contributed by atoms with Gasteiger partial charge in [0.05, 0.1) is 18.3 Å². The average molecular weight is 368 g/mol. The van der Waals surface area contributed by atoms with Crippen molar-refractivity contribution in [2.75, 3.05) is 0 Å². The van der Waals surface area contributed by atoms with Gasteiger partial charge in [0.25, 0.3) is 0 Å². The molecule has 6 nitrogen and oxygen atoms in total. The van der Waals surface area contributed by atoms with Crippen LogP contribution in [0.1, 0.15) is 58.3 Å². The normalized spacial score (nSPS) is 26.0. The summed E-state index contributed by atoms with van der Waals surface area (Å²) in [5, 5.41) is 37.9. The Morgan fingerprint density at radius 2 is 1.96 bits per heavy atom. The number of allylic oxidation sites excluding steroid dienone is 2. The quantitative estimate of drug-likeness (QED) is 0.310. The van der Waals surface area contributed by atoms with E-state index in [0.29, 0.717) is 38.5 Å². The van der Waals surface area contributed by atoms with Crippen LogP contribution in [0.5, 0.6) is 0 Å². The number of aliphatic hydroxyl groups is 3. The summed E-state index contributed by atoms with van der Waals surface area (Å²) < 4.78 is 0. The van der Waals surface area contributed by atoms with Crippen molar-refractivity contribution in [1.29, 1.82) is 0 Å². The number of carboxylic acid groups (broad SMARTS) is 1. The molecule has 6 heteroatoms.